The van der Waals surface area contributed by atoms with E-state index < -0.39 is 23.4 Å². The van der Waals surface area contributed by atoms with Crippen molar-refractivity contribution in [3.63, 3.8) is 0 Å². The van der Waals surface area contributed by atoms with Gasteiger partial charge in [-0.25, -0.2) is 4.79 Å². The van der Waals surface area contributed by atoms with Gasteiger partial charge in [0.05, 0.1) is 17.0 Å². The van der Waals surface area contributed by atoms with Gasteiger partial charge in [0.1, 0.15) is 0 Å². The van der Waals surface area contributed by atoms with Crippen molar-refractivity contribution >= 4 is 29.2 Å². The molecular weight excluding hydrogens is 320 g/mol. The van der Waals surface area contributed by atoms with Gasteiger partial charge in [0.2, 0.25) is 5.91 Å². The lowest BCUT2D eigenvalue weighted by atomic mass is 10.1. The number of carbonyl (C=O) groups is 3. The standard InChI is InChI=1S/C14H18N4O6/c1-15-11-5-4-9(18(22)23)6-10(11)14(21)24-8-13(20)17(3)7-12(19)16-2/h4-6,15H,7-8H2,1-3H3,(H,16,19). The van der Waals surface area contributed by atoms with Gasteiger partial charge in [0.25, 0.3) is 11.6 Å². The molecule has 1 aromatic rings. The van der Waals surface area contributed by atoms with E-state index in [1.54, 1.807) is 7.05 Å². The number of nitrogens with zero attached hydrogens (tertiary/aromatic N) is 2. The predicted molar refractivity (Wildman–Crippen MR) is 84.6 cm³/mol. The minimum absolute atomic E-state index is 0.0616. The van der Waals surface area contributed by atoms with Crippen LogP contribution in [0.3, 0.4) is 0 Å². The summed E-state index contributed by atoms with van der Waals surface area (Å²) >= 11 is 0. The number of nitro benzene ring substituents is 1. The molecule has 10 nitrogen and oxygen atoms in total. The summed E-state index contributed by atoms with van der Waals surface area (Å²) in [5, 5.41) is 15.9. The number of hydrogen-bond acceptors (Lipinski definition) is 7. The van der Waals surface area contributed by atoms with Crippen molar-refractivity contribution in [3.8, 4) is 0 Å². The summed E-state index contributed by atoms with van der Waals surface area (Å²) in [7, 11) is 4.36. The molecule has 0 heterocycles. The van der Waals surface area contributed by atoms with Gasteiger partial charge in [-0.3, -0.25) is 19.7 Å². The SMILES string of the molecule is CNC(=O)CN(C)C(=O)COC(=O)c1cc([N+](=O)[O-])ccc1NC. The molecule has 0 aliphatic rings. The van der Waals surface area contributed by atoms with Crippen molar-refractivity contribution in [3.05, 3.63) is 33.9 Å². The number of carbonyl (C=O) groups excluding carboxylic acids is 3. The number of amides is 2. The first kappa shape index (κ1) is 18.9. The number of non-ortho nitro benzene ring substituents is 1. The number of ether oxygens (including phenoxy) is 1. The Morgan fingerprint density at radius 1 is 1.29 bits per heavy atom. The number of rotatable bonds is 7. The normalized spacial score (nSPS) is 9.79. The second-order valence-electron chi connectivity index (χ2n) is 4.74. The van der Waals surface area contributed by atoms with Crippen LogP contribution in [-0.4, -0.2) is 61.9 Å². The Kier molecular flexibility index (Phi) is 6.65. The molecule has 0 radical (unpaired) electrons. The molecule has 0 saturated heterocycles. The van der Waals surface area contributed by atoms with Crippen LogP contribution in [0, 0.1) is 10.1 Å². The molecule has 10 heteroatoms. The Hall–Kier alpha value is -3.17. The van der Waals surface area contributed by atoms with Gasteiger partial charge < -0.3 is 20.3 Å². The van der Waals surface area contributed by atoms with E-state index in [0.29, 0.717) is 5.69 Å². The monoisotopic (exact) mass is 338 g/mol. The van der Waals surface area contributed by atoms with Crippen LogP contribution in [0.5, 0.6) is 0 Å². The lowest BCUT2D eigenvalue weighted by Crippen LogP contribution is -2.39. The largest absolute Gasteiger partial charge is 0.452 e. The zero-order valence-corrected chi connectivity index (χ0v) is 13.5. The van der Waals surface area contributed by atoms with Gasteiger partial charge in [-0.05, 0) is 6.07 Å². The first-order chi connectivity index (χ1) is 11.3. The van der Waals surface area contributed by atoms with Crippen LogP contribution < -0.4 is 10.6 Å². The molecule has 0 aromatic heterocycles. The van der Waals surface area contributed by atoms with Gasteiger partial charge in [-0.2, -0.15) is 0 Å². The van der Waals surface area contributed by atoms with E-state index >= 15 is 0 Å². The minimum atomic E-state index is -0.884. The summed E-state index contributed by atoms with van der Waals surface area (Å²) in [6.07, 6.45) is 0. The van der Waals surface area contributed by atoms with E-state index in [1.165, 1.54) is 26.2 Å². The molecule has 0 aliphatic heterocycles. The summed E-state index contributed by atoms with van der Waals surface area (Å²) in [6.45, 7) is -0.760. The maximum atomic E-state index is 12.1. The van der Waals surface area contributed by atoms with Crippen LogP contribution in [0.25, 0.3) is 0 Å². The molecule has 1 rings (SSSR count). The molecule has 2 N–H and O–H groups in total. The summed E-state index contributed by atoms with van der Waals surface area (Å²) in [4.78, 5) is 46.3. The number of nitrogens with one attached hydrogen (secondary N) is 2. The third kappa shape index (κ3) is 4.93. The van der Waals surface area contributed by atoms with Crippen molar-refractivity contribution < 1.29 is 24.0 Å². The van der Waals surface area contributed by atoms with Crippen molar-refractivity contribution in [2.24, 2.45) is 0 Å². The summed E-state index contributed by atoms with van der Waals surface area (Å²) in [6, 6.07) is 3.67. The van der Waals surface area contributed by atoms with E-state index in [9.17, 15) is 24.5 Å². The van der Waals surface area contributed by atoms with Crippen molar-refractivity contribution in [2.75, 3.05) is 39.6 Å². The first-order valence-corrected chi connectivity index (χ1v) is 6.88. The smallest absolute Gasteiger partial charge is 0.341 e. The Balaban J connectivity index is 2.77. The van der Waals surface area contributed by atoms with E-state index in [4.69, 9.17) is 4.74 Å². The predicted octanol–water partition coefficient (Wildman–Crippen LogP) is -0.00230. The fraction of sp³-hybridized carbons (Fsp3) is 0.357. The Morgan fingerprint density at radius 2 is 1.96 bits per heavy atom. The van der Waals surface area contributed by atoms with Gasteiger partial charge in [0, 0.05) is 39.0 Å². The van der Waals surface area contributed by atoms with Gasteiger partial charge >= 0.3 is 5.97 Å². The lowest BCUT2D eigenvalue weighted by Gasteiger charge is -2.16. The molecule has 0 spiro atoms. The summed E-state index contributed by atoms with van der Waals surface area (Å²) in [5.74, 6) is -1.83. The fourth-order valence-electron chi connectivity index (χ4n) is 1.73. The van der Waals surface area contributed by atoms with Crippen LogP contribution in [0.2, 0.25) is 0 Å². The molecular formula is C14H18N4O6. The fourth-order valence-corrected chi connectivity index (χ4v) is 1.73. The maximum absolute atomic E-state index is 12.1. The molecule has 0 bridgehead atoms. The molecule has 1 aromatic carbocycles. The van der Waals surface area contributed by atoms with E-state index in [-0.39, 0.29) is 23.7 Å². The van der Waals surface area contributed by atoms with Gasteiger partial charge in [0.15, 0.2) is 6.61 Å². The number of nitro groups is 1. The highest BCUT2D eigenvalue weighted by molar-refractivity contribution is 5.97. The van der Waals surface area contributed by atoms with E-state index in [0.717, 1.165) is 11.0 Å². The number of likely N-dealkylation sites (N-methyl/N-ethyl adjacent to an activating group) is 2. The molecule has 130 valence electrons. The summed E-state index contributed by atoms with van der Waals surface area (Å²) < 4.78 is 4.88. The number of anilines is 1. The van der Waals surface area contributed by atoms with Crippen LogP contribution >= 0.6 is 0 Å². The molecule has 0 aliphatic carbocycles. The molecule has 0 fully saturated rings. The molecule has 24 heavy (non-hydrogen) atoms. The highest BCUT2D eigenvalue weighted by Crippen LogP contribution is 2.22. The highest BCUT2D eigenvalue weighted by atomic mass is 16.6. The van der Waals surface area contributed by atoms with Crippen molar-refractivity contribution in [1.29, 1.82) is 0 Å². The molecule has 0 unspecified atom stereocenters. The molecule has 2 amide bonds. The van der Waals surface area contributed by atoms with E-state index in [2.05, 4.69) is 10.6 Å². The minimum Gasteiger partial charge on any atom is -0.452 e. The molecule has 0 saturated carbocycles. The highest BCUT2D eigenvalue weighted by Gasteiger charge is 2.20. The zero-order valence-electron chi connectivity index (χ0n) is 13.5. The third-order valence-electron chi connectivity index (χ3n) is 3.12. The van der Waals surface area contributed by atoms with E-state index in [1.807, 2.05) is 0 Å². The number of hydrogen-bond donors (Lipinski definition) is 2. The van der Waals surface area contributed by atoms with Crippen LogP contribution in [0.15, 0.2) is 18.2 Å². The van der Waals surface area contributed by atoms with Crippen molar-refractivity contribution in [1.82, 2.24) is 10.2 Å². The Labute approximate surface area is 137 Å². The Morgan fingerprint density at radius 3 is 2.50 bits per heavy atom. The van der Waals surface area contributed by atoms with Crippen LogP contribution in [-0.2, 0) is 14.3 Å². The topological polar surface area (TPSA) is 131 Å². The summed E-state index contributed by atoms with van der Waals surface area (Å²) in [5.41, 5.74) is -0.00534. The second kappa shape index (κ2) is 8.46. The van der Waals surface area contributed by atoms with Gasteiger partial charge in [-0.15, -0.1) is 0 Å². The van der Waals surface area contributed by atoms with Crippen LogP contribution in [0.4, 0.5) is 11.4 Å². The van der Waals surface area contributed by atoms with Crippen LogP contribution in [0.1, 0.15) is 10.4 Å². The Bertz CT molecular complexity index is 661. The number of esters is 1. The lowest BCUT2D eigenvalue weighted by molar-refractivity contribution is -0.384. The van der Waals surface area contributed by atoms with Gasteiger partial charge in [-0.1, -0.05) is 0 Å². The first-order valence-electron chi connectivity index (χ1n) is 6.88. The molecule has 0 atom stereocenters. The zero-order chi connectivity index (χ0) is 18.3. The second-order valence-corrected chi connectivity index (χ2v) is 4.74. The average molecular weight is 338 g/mol. The third-order valence-corrected chi connectivity index (χ3v) is 3.12. The van der Waals surface area contributed by atoms with Crippen molar-refractivity contribution in [2.45, 2.75) is 0 Å². The maximum Gasteiger partial charge on any atom is 0.341 e. The number of benzene rings is 1. The quantitative estimate of drug-likeness (QED) is 0.406. The average Bonchev–Trinajstić information content (AvgIpc) is 2.58.